The van der Waals surface area contributed by atoms with Crippen LogP contribution in [0.25, 0.3) is 0 Å². The van der Waals surface area contributed by atoms with Gasteiger partial charge < -0.3 is 10.2 Å². The molecule has 2 rings (SSSR count). The Balaban J connectivity index is 1.71. The molecule has 1 N–H and O–H groups in total. The zero-order chi connectivity index (χ0) is 16.8. The Kier molecular flexibility index (Phi) is 6.88. The number of nitrogens with one attached hydrogen (secondary N) is 1. The fraction of sp³-hybridized carbons (Fsp3) is 0.611. The van der Waals surface area contributed by atoms with Gasteiger partial charge in [0.05, 0.1) is 6.54 Å². The van der Waals surface area contributed by atoms with Crippen molar-refractivity contribution >= 4 is 17.5 Å². The van der Waals surface area contributed by atoms with E-state index in [-0.39, 0.29) is 5.91 Å². The molecule has 1 aliphatic rings. The predicted molar refractivity (Wildman–Crippen MR) is 96.0 cm³/mol. The second-order valence-corrected chi connectivity index (χ2v) is 7.14. The van der Waals surface area contributed by atoms with E-state index in [0.717, 1.165) is 37.5 Å². The lowest BCUT2D eigenvalue weighted by Gasteiger charge is -2.33. The van der Waals surface area contributed by atoms with Crippen LogP contribution in [0.15, 0.2) is 24.3 Å². The zero-order valence-corrected chi connectivity index (χ0v) is 15.1. The number of nitrogens with zero attached hydrogens (tertiary/aromatic N) is 2. The summed E-state index contributed by atoms with van der Waals surface area (Å²) < 4.78 is 0. The van der Waals surface area contributed by atoms with Gasteiger partial charge in [0.25, 0.3) is 0 Å². The number of hydrogen-bond acceptors (Lipinski definition) is 3. The van der Waals surface area contributed by atoms with E-state index < -0.39 is 0 Å². The van der Waals surface area contributed by atoms with Crippen molar-refractivity contribution < 1.29 is 4.79 Å². The van der Waals surface area contributed by atoms with Gasteiger partial charge in [-0.3, -0.25) is 9.69 Å². The quantitative estimate of drug-likeness (QED) is 0.866. The molecule has 0 bridgehead atoms. The minimum atomic E-state index is 0.186. The van der Waals surface area contributed by atoms with Gasteiger partial charge in [0.1, 0.15) is 0 Å². The summed E-state index contributed by atoms with van der Waals surface area (Å²) in [5, 5.41) is 4.47. The Morgan fingerprint density at radius 1 is 1.39 bits per heavy atom. The number of rotatable bonds is 6. The van der Waals surface area contributed by atoms with Crippen molar-refractivity contribution in [2.24, 2.45) is 0 Å². The molecule has 1 aliphatic heterocycles. The van der Waals surface area contributed by atoms with Crippen molar-refractivity contribution in [2.75, 3.05) is 40.3 Å². The molecule has 5 heteroatoms. The lowest BCUT2D eigenvalue weighted by Crippen LogP contribution is -2.46. The van der Waals surface area contributed by atoms with E-state index in [2.05, 4.69) is 23.2 Å². The maximum absolute atomic E-state index is 11.7. The minimum absolute atomic E-state index is 0.186. The van der Waals surface area contributed by atoms with E-state index in [9.17, 15) is 4.79 Å². The molecule has 23 heavy (non-hydrogen) atoms. The van der Waals surface area contributed by atoms with Gasteiger partial charge in [-0.2, -0.15) is 0 Å². The second kappa shape index (κ2) is 8.67. The van der Waals surface area contributed by atoms with Crippen LogP contribution in [0.2, 0.25) is 5.02 Å². The summed E-state index contributed by atoms with van der Waals surface area (Å²) in [4.78, 5) is 15.7. The lowest BCUT2D eigenvalue weighted by molar-refractivity contribution is -0.130. The molecule has 1 amide bonds. The minimum Gasteiger partial charge on any atom is -0.348 e. The van der Waals surface area contributed by atoms with Crippen LogP contribution in [-0.2, 0) is 4.79 Å². The molecular weight excluding hydrogens is 310 g/mol. The van der Waals surface area contributed by atoms with Crippen LogP contribution in [0.5, 0.6) is 0 Å². The average Bonchev–Trinajstić information content (AvgIpc) is 2.53. The van der Waals surface area contributed by atoms with Gasteiger partial charge in [-0.1, -0.05) is 30.7 Å². The van der Waals surface area contributed by atoms with Crippen molar-refractivity contribution in [3.8, 4) is 0 Å². The number of likely N-dealkylation sites (tertiary alicyclic amines) is 1. The number of carbonyl (C=O) groups is 1. The van der Waals surface area contributed by atoms with Crippen molar-refractivity contribution in [1.29, 1.82) is 0 Å². The van der Waals surface area contributed by atoms with Crippen LogP contribution >= 0.6 is 11.6 Å². The van der Waals surface area contributed by atoms with E-state index in [1.165, 1.54) is 5.56 Å². The summed E-state index contributed by atoms with van der Waals surface area (Å²) in [6, 6.07) is 8.64. The Labute approximate surface area is 144 Å². The number of amides is 1. The molecular formula is C18H28ClN3O. The number of hydrogen-bond donors (Lipinski definition) is 1. The molecule has 0 aromatic heterocycles. The summed E-state index contributed by atoms with van der Waals surface area (Å²) in [6.45, 7) is 5.70. The molecule has 1 aromatic rings. The molecule has 128 valence electrons. The first-order valence-electron chi connectivity index (χ1n) is 8.37. The van der Waals surface area contributed by atoms with Crippen molar-refractivity contribution in [3.05, 3.63) is 34.9 Å². The third-order valence-electron chi connectivity index (χ3n) is 4.58. The third-order valence-corrected chi connectivity index (χ3v) is 4.81. The summed E-state index contributed by atoms with van der Waals surface area (Å²) in [7, 11) is 3.63. The number of carbonyl (C=O) groups excluding carboxylic acids is 1. The largest absolute Gasteiger partial charge is 0.348 e. The molecule has 1 fully saturated rings. The first-order chi connectivity index (χ1) is 11.0. The van der Waals surface area contributed by atoms with Crippen LogP contribution in [0.4, 0.5) is 0 Å². The van der Waals surface area contributed by atoms with E-state index >= 15 is 0 Å². The van der Waals surface area contributed by atoms with Gasteiger partial charge in [-0.15, -0.1) is 0 Å². The number of likely N-dealkylation sites (N-methyl/N-ethyl adjacent to an activating group) is 1. The highest BCUT2D eigenvalue weighted by atomic mass is 35.5. The Morgan fingerprint density at radius 2 is 2.09 bits per heavy atom. The number of halogens is 1. The standard InChI is InChI=1S/C18H28ClN3O/c1-14(15-5-4-6-16(19)11-15)12-20-17-7-9-22(10-8-17)13-18(23)21(2)3/h4-6,11,14,17,20H,7-10,12-13H2,1-3H3/t14-/m0/s1. The van der Waals surface area contributed by atoms with Gasteiger partial charge in [-0.25, -0.2) is 0 Å². The fourth-order valence-electron chi connectivity index (χ4n) is 2.90. The molecule has 0 radical (unpaired) electrons. The maximum atomic E-state index is 11.7. The first-order valence-corrected chi connectivity index (χ1v) is 8.75. The second-order valence-electron chi connectivity index (χ2n) is 6.70. The van der Waals surface area contributed by atoms with Crippen LogP contribution in [0.3, 0.4) is 0 Å². The highest BCUT2D eigenvalue weighted by molar-refractivity contribution is 6.30. The van der Waals surface area contributed by atoms with Crippen LogP contribution < -0.4 is 5.32 Å². The van der Waals surface area contributed by atoms with Crippen molar-refractivity contribution in [3.63, 3.8) is 0 Å². The summed E-state index contributed by atoms with van der Waals surface area (Å²) in [5.74, 6) is 0.632. The molecule has 1 saturated heterocycles. The van der Waals surface area contributed by atoms with Crippen molar-refractivity contribution in [1.82, 2.24) is 15.1 Å². The summed E-state index contributed by atoms with van der Waals surface area (Å²) in [6.07, 6.45) is 2.20. The lowest BCUT2D eigenvalue weighted by atomic mass is 9.99. The zero-order valence-electron chi connectivity index (χ0n) is 14.4. The maximum Gasteiger partial charge on any atom is 0.236 e. The van der Waals surface area contributed by atoms with E-state index in [1.54, 1.807) is 4.90 Å². The first kappa shape index (κ1) is 18.2. The Morgan fingerprint density at radius 3 is 2.70 bits per heavy atom. The van der Waals surface area contributed by atoms with Gasteiger partial charge in [-0.05, 0) is 36.5 Å². The van der Waals surface area contributed by atoms with Gasteiger partial charge in [0.15, 0.2) is 0 Å². The van der Waals surface area contributed by atoms with Gasteiger partial charge in [0.2, 0.25) is 5.91 Å². The average molecular weight is 338 g/mol. The van der Waals surface area contributed by atoms with Crippen molar-refractivity contribution in [2.45, 2.75) is 31.7 Å². The van der Waals surface area contributed by atoms with Gasteiger partial charge in [0, 0.05) is 44.8 Å². The smallest absolute Gasteiger partial charge is 0.236 e. The number of piperidine rings is 1. The molecule has 4 nitrogen and oxygen atoms in total. The number of benzene rings is 1. The molecule has 1 aromatic carbocycles. The van der Waals surface area contributed by atoms with E-state index in [0.29, 0.717) is 18.5 Å². The predicted octanol–water partition coefficient (Wildman–Crippen LogP) is 2.59. The van der Waals surface area contributed by atoms with Crippen LogP contribution in [0.1, 0.15) is 31.2 Å². The molecule has 0 aliphatic carbocycles. The molecule has 0 spiro atoms. The summed E-state index contributed by atoms with van der Waals surface area (Å²) >= 11 is 6.06. The van der Waals surface area contributed by atoms with Crippen LogP contribution in [0, 0.1) is 0 Å². The summed E-state index contributed by atoms with van der Waals surface area (Å²) in [5.41, 5.74) is 1.28. The molecule has 1 heterocycles. The highest BCUT2D eigenvalue weighted by Gasteiger charge is 2.21. The Bertz CT molecular complexity index is 513. The normalized spacial score (nSPS) is 17.9. The van der Waals surface area contributed by atoms with E-state index in [4.69, 9.17) is 11.6 Å². The van der Waals surface area contributed by atoms with Gasteiger partial charge >= 0.3 is 0 Å². The highest BCUT2D eigenvalue weighted by Crippen LogP contribution is 2.19. The Hall–Kier alpha value is -1.10. The van der Waals surface area contributed by atoms with Crippen LogP contribution in [-0.4, -0.2) is 62.0 Å². The molecule has 1 atom stereocenters. The topological polar surface area (TPSA) is 35.6 Å². The SMILES string of the molecule is C[C@@H](CNC1CCN(CC(=O)N(C)C)CC1)c1cccc(Cl)c1. The molecule has 0 unspecified atom stereocenters. The third kappa shape index (κ3) is 5.79. The fourth-order valence-corrected chi connectivity index (χ4v) is 3.10. The van der Waals surface area contributed by atoms with E-state index in [1.807, 2.05) is 32.3 Å². The monoisotopic (exact) mass is 337 g/mol. The molecule has 0 saturated carbocycles.